The number of methoxy groups -OCH3 is 1. The zero-order chi connectivity index (χ0) is 13.8. The lowest BCUT2D eigenvalue weighted by Gasteiger charge is -2.20. The summed E-state index contributed by atoms with van der Waals surface area (Å²) in [5.74, 6) is 0.0749. The van der Waals surface area contributed by atoms with Crippen molar-refractivity contribution in [1.29, 1.82) is 0 Å². The smallest absolute Gasteiger partial charge is 0.256 e. The summed E-state index contributed by atoms with van der Waals surface area (Å²) in [4.78, 5) is 25.4. The maximum atomic E-state index is 12.4. The third-order valence-electron chi connectivity index (χ3n) is 3.07. The Kier molecular flexibility index (Phi) is 3.89. The van der Waals surface area contributed by atoms with Crippen molar-refractivity contribution in [3.8, 4) is 5.75 Å². The number of carbonyl (C=O) groups excluding carboxylic acids is 2. The Morgan fingerprint density at radius 2 is 2.26 bits per heavy atom. The number of rotatable bonds is 2. The average Bonchev–Trinajstić information content (AvgIpc) is 2.63. The van der Waals surface area contributed by atoms with Gasteiger partial charge in [0.25, 0.3) is 5.91 Å². The highest BCUT2D eigenvalue weighted by atomic mass is 16.5. The quantitative estimate of drug-likeness (QED) is 0.749. The van der Waals surface area contributed by atoms with Gasteiger partial charge in [-0.3, -0.25) is 9.59 Å². The number of benzene rings is 1. The van der Waals surface area contributed by atoms with Gasteiger partial charge in [0.15, 0.2) is 0 Å². The molecule has 1 fully saturated rings. The Morgan fingerprint density at radius 3 is 3.00 bits per heavy atom. The minimum atomic E-state index is -0.242. The van der Waals surface area contributed by atoms with Crippen molar-refractivity contribution in [3.05, 3.63) is 23.8 Å². The second-order valence-electron chi connectivity index (χ2n) is 4.35. The maximum Gasteiger partial charge on any atom is 0.256 e. The fraction of sp³-hybridized carbons (Fsp3) is 0.385. The molecule has 6 nitrogen and oxygen atoms in total. The summed E-state index contributed by atoms with van der Waals surface area (Å²) in [6.45, 7) is 1.19. The lowest BCUT2D eigenvalue weighted by Crippen LogP contribution is -2.37. The summed E-state index contributed by atoms with van der Waals surface area (Å²) in [6.07, 6.45) is 0.737. The minimum absolute atomic E-state index is 0.0650. The molecule has 1 aromatic carbocycles. The number of hydrogen-bond donors (Lipinski definition) is 2. The van der Waals surface area contributed by atoms with Crippen LogP contribution in [0.1, 0.15) is 16.8 Å². The normalized spacial score (nSPS) is 15.6. The number of nitrogen functional groups attached to an aromatic ring is 1. The number of amides is 2. The van der Waals surface area contributed by atoms with Crippen molar-refractivity contribution >= 4 is 17.5 Å². The predicted molar refractivity (Wildman–Crippen MR) is 70.9 cm³/mol. The first-order chi connectivity index (χ1) is 9.13. The molecule has 0 spiro atoms. The molecular weight excluding hydrogens is 246 g/mol. The zero-order valence-electron chi connectivity index (χ0n) is 10.8. The van der Waals surface area contributed by atoms with E-state index >= 15 is 0 Å². The van der Waals surface area contributed by atoms with Crippen molar-refractivity contribution < 1.29 is 14.3 Å². The maximum absolute atomic E-state index is 12.4. The van der Waals surface area contributed by atoms with E-state index in [1.54, 1.807) is 18.2 Å². The van der Waals surface area contributed by atoms with Crippen LogP contribution in [0.15, 0.2) is 18.2 Å². The number of hydrogen-bond acceptors (Lipinski definition) is 4. The van der Waals surface area contributed by atoms with Gasteiger partial charge in [-0.25, -0.2) is 0 Å². The summed E-state index contributed by atoms with van der Waals surface area (Å²) in [5, 5.41) is 2.73. The molecule has 102 valence electrons. The minimum Gasteiger partial charge on any atom is -0.495 e. The first kappa shape index (κ1) is 13.2. The highest BCUT2D eigenvalue weighted by Gasteiger charge is 2.23. The van der Waals surface area contributed by atoms with Crippen LogP contribution in [-0.2, 0) is 4.79 Å². The molecule has 0 aromatic heterocycles. The third kappa shape index (κ3) is 2.78. The molecule has 0 unspecified atom stereocenters. The van der Waals surface area contributed by atoms with E-state index in [-0.39, 0.29) is 18.4 Å². The molecule has 1 aliphatic rings. The lowest BCUT2D eigenvalue weighted by molar-refractivity contribution is -0.121. The largest absolute Gasteiger partial charge is 0.495 e. The number of carbonyl (C=O) groups is 2. The molecule has 0 atom stereocenters. The Bertz CT molecular complexity index is 502. The summed E-state index contributed by atoms with van der Waals surface area (Å²) in [7, 11) is 1.50. The number of para-hydroxylation sites is 1. The highest BCUT2D eigenvalue weighted by Crippen LogP contribution is 2.25. The monoisotopic (exact) mass is 263 g/mol. The van der Waals surface area contributed by atoms with Gasteiger partial charge < -0.3 is 20.7 Å². The molecule has 6 heteroatoms. The van der Waals surface area contributed by atoms with E-state index in [0.29, 0.717) is 30.1 Å². The molecule has 3 N–H and O–H groups in total. The standard InChI is InChI=1S/C13H17N3O3/c1-19-10-5-2-4-9(12(10)14)13(18)16-7-3-6-15-11(17)8-16/h2,4-5H,3,6-8,14H2,1H3,(H,15,17). The summed E-state index contributed by atoms with van der Waals surface area (Å²) in [5.41, 5.74) is 6.58. The Balaban J connectivity index is 2.25. The molecule has 0 radical (unpaired) electrons. The number of nitrogens with one attached hydrogen (secondary N) is 1. The molecule has 1 aliphatic heterocycles. The molecule has 1 aromatic rings. The summed E-state index contributed by atoms with van der Waals surface area (Å²) in [6, 6.07) is 5.05. The highest BCUT2D eigenvalue weighted by molar-refractivity contribution is 6.01. The van der Waals surface area contributed by atoms with Crippen LogP contribution in [0.3, 0.4) is 0 Å². The summed E-state index contributed by atoms with van der Waals surface area (Å²) < 4.78 is 5.09. The van der Waals surface area contributed by atoms with Crippen molar-refractivity contribution in [1.82, 2.24) is 10.2 Å². The van der Waals surface area contributed by atoms with Crippen LogP contribution >= 0.6 is 0 Å². The first-order valence-electron chi connectivity index (χ1n) is 6.12. The Labute approximate surface area is 111 Å². The van der Waals surface area contributed by atoms with Gasteiger partial charge >= 0.3 is 0 Å². The third-order valence-corrected chi connectivity index (χ3v) is 3.07. The second-order valence-corrected chi connectivity index (χ2v) is 4.35. The van der Waals surface area contributed by atoms with E-state index < -0.39 is 0 Å². The Hall–Kier alpha value is -2.24. The molecule has 2 amide bonds. The van der Waals surface area contributed by atoms with Crippen LogP contribution in [0.25, 0.3) is 0 Å². The van der Waals surface area contributed by atoms with E-state index in [2.05, 4.69) is 5.32 Å². The van der Waals surface area contributed by atoms with Crippen LogP contribution in [-0.4, -0.2) is 43.5 Å². The van der Waals surface area contributed by atoms with Gasteiger partial charge in [-0.1, -0.05) is 6.07 Å². The van der Waals surface area contributed by atoms with Crippen LogP contribution in [0.5, 0.6) is 5.75 Å². The van der Waals surface area contributed by atoms with Crippen LogP contribution in [0.2, 0.25) is 0 Å². The molecule has 0 saturated carbocycles. The van der Waals surface area contributed by atoms with Crippen molar-refractivity contribution in [3.63, 3.8) is 0 Å². The van der Waals surface area contributed by atoms with Gasteiger partial charge in [0.1, 0.15) is 5.75 Å². The van der Waals surface area contributed by atoms with Gasteiger partial charge in [0.2, 0.25) is 5.91 Å². The van der Waals surface area contributed by atoms with Crippen molar-refractivity contribution in [2.24, 2.45) is 0 Å². The van der Waals surface area contributed by atoms with Gasteiger partial charge in [-0.2, -0.15) is 0 Å². The fourth-order valence-electron chi connectivity index (χ4n) is 2.06. The zero-order valence-corrected chi connectivity index (χ0v) is 10.8. The van der Waals surface area contributed by atoms with Crippen molar-refractivity contribution in [2.75, 3.05) is 32.5 Å². The number of ether oxygens (including phenoxy) is 1. The molecule has 1 saturated heterocycles. The molecule has 19 heavy (non-hydrogen) atoms. The average molecular weight is 263 g/mol. The molecular formula is C13H17N3O3. The second kappa shape index (κ2) is 5.60. The predicted octanol–water partition coefficient (Wildman–Crippen LogP) is 0.240. The molecule has 0 aliphatic carbocycles. The SMILES string of the molecule is COc1cccc(C(=O)N2CCCNC(=O)C2)c1N. The van der Waals surface area contributed by atoms with Crippen LogP contribution in [0.4, 0.5) is 5.69 Å². The number of nitrogens with two attached hydrogens (primary N) is 1. The molecule has 0 bridgehead atoms. The van der Waals surface area contributed by atoms with E-state index in [4.69, 9.17) is 10.5 Å². The molecule has 1 heterocycles. The first-order valence-corrected chi connectivity index (χ1v) is 6.12. The number of nitrogens with zero attached hydrogens (tertiary/aromatic N) is 1. The van der Waals surface area contributed by atoms with Crippen LogP contribution < -0.4 is 15.8 Å². The van der Waals surface area contributed by atoms with Gasteiger partial charge in [-0.05, 0) is 18.6 Å². The van der Waals surface area contributed by atoms with E-state index in [1.165, 1.54) is 12.0 Å². The topological polar surface area (TPSA) is 84.7 Å². The summed E-state index contributed by atoms with van der Waals surface area (Å²) >= 11 is 0. The number of anilines is 1. The van der Waals surface area contributed by atoms with E-state index in [1.807, 2.05) is 0 Å². The van der Waals surface area contributed by atoms with E-state index in [9.17, 15) is 9.59 Å². The Morgan fingerprint density at radius 1 is 1.47 bits per heavy atom. The van der Waals surface area contributed by atoms with Gasteiger partial charge in [-0.15, -0.1) is 0 Å². The molecule has 2 rings (SSSR count). The van der Waals surface area contributed by atoms with Gasteiger partial charge in [0, 0.05) is 13.1 Å². The van der Waals surface area contributed by atoms with E-state index in [0.717, 1.165) is 6.42 Å². The van der Waals surface area contributed by atoms with Gasteiger partial charge in [0.05, 0.1) is 24.9 Å². The van der Waals surface area contributed by atoms with Crippen LogP contribution in [0, 0.1) is 0 Å². The lowest BCUT2D eigenvalue weighted by atomic mass is 10.1. The van der Waals surface area contributed by atoms with Crippen molar-refractivity contribution in [2.45, 2.75) is 6.42 Å². The fourth-order valence-corrected chi connectivity index (χ4v) is 2.06.